The van der Waals surface area contributed by atoms with E-state index in [-0.39, 0.29) is 12.5 Å². The molecular weight excluding hydrogens is 376 g/mol. The van der Waals surface area contributed by atoms with Crippen LogP contribution >= 0.6 is 0 Å². The smallest absolute Gasteiger partial charge is 0.243 e. The van der Waals surface area contributed by atoms with Crippen molar-refractivity contribution in [3.8, 4) is 11.5 Å². The number of benzene rings is 3. The Balaban J connectivity index is 1.49. The lowest BCUT2D eigenvalue weighted by Crippen LogP contribution is -2.21. The average molecular weight is 402 g/mol. The summed E-state index contributed by atoms with van der Waals surface area (Å²) in [5.41, 5.74) is 3.53. The highest BCUT2D eigenvalue weighted by atomic mass is 16.5. The Morgan fingerprint density at radius 1 is 0.867 bits per heavy atom. The summed E-state index contributed by atoms with van der Waals surface area (Å²) >= 11 is 0. The van der Waals surface area contributed by atoms with Gasteiger partial charge in [0, 0.05) is 23.5 Å². The highest BCUT2D eigenvalue weighted by molar-refractivity contribution is 5.93. The number of carbonyl (C=O) groups is 1. The van der Waals surface area contributed by atoms with Gasteiger partial charge in [-0.25, -0.2) is 0 Å². The Kier molecular flexibility index (Phi) is 7.50. The standard InChI is InChI=1S/C25H26N2O3/c1-19(2)17-29-23-12-6-10-21(14-23)26-16-25(28)27-22-11-7-13-24(15-22)30-18-20-8-4-3-5-9-20/h3-15,26H,1,16-18H2,2H3,(H,27,28). The summed E-state index contributed by atoms with van der Waals surface area (Å²) in [5, 5.41) is 5.99. The molecule has 0 fully saturated rings. The molecule has 3 aromatic rings. The molecule has 0 aromatic heterocycles. The van der Waals surface area contributed by atoms with Crippen molar-refractivity contribution >= 4 is 17.3 Å². The van der Waals surface area contributed by atoms with Gasteiger partial charge in [0.05, 0.1) is 6.54 Å². The molecule has 0 radical (unpaired) electrons. The van der Waals surface area contributed by atoms with Crippen molar-refractivity contribution in [3.63, 3.8) is 0 Å². The first-order valence-corrected chi connectivity index (χ1v) is 9.76. The Hall–Kier alpha value is -3.73. The van der Waals surface area contributed by atoms with Gasteiger partial charge in [-0.05, 0) is 42.3 Å². The van der Waals surface area contributed by atoms with Gasteiger partial charge in [-0.1, -0.05) is 49.0 Å². The summed E-state index contributed by atoms with van der Waals surface area (Å²) in [5.74, 6) is 1.28. The van der Waals surface area contributed by atoms with Gasteiger partial charge < -0.3 is 20.1 Å². The minimum atomic E-state index is -0.150. The molecule has 0 atom stereocenters. The van der Waals surface area contributed by atoms with E-state index in [0.29, 0.717) is 24.7 Å². The fourth-order valence-electron chi connectivity index (χ4n) is 2.69. The van der Waals surface area contributed by atoms with Crippen LogP contribution in [0, 0.1) is 0 Å². The summed E-state index contributed by atoms with van der Waals surface area (Å²) in [7, 11) is 0. The predicted octanol–water partition coefficient (Wildman–Crippen LogP) is 5.27. The molecule has 3 rings (SSSR count). The molecule has 5 heteroatoms. The van der Waals surface area contributed by atoms with Gasteiger partial charge in [0.2, 0.25) is 5.91 Å². The van der Waals surface area contributed by atoms with Crippen molar-refractivity contribution in [2.75, 3.05) is 23.8 Å². The quantitative estimate of drug-likeness (QED) is 0.454. The van der Waals surface area contributed by atoms with E-state index in [1.807, 2.05) is 85.8 Å². The molecule has 1 amide bonds. The lowest BCUT2D eigenvalue weighted by atomic mass is 10.2. The van der Waals surface area contributed by atoms with E-state index in [0.717, 1.165) is 22.6 Å². The van der Waals surface area contributed by atoms with Crippen LogP contribution in [0.1, 0.15) is 12.5 Å². The summed E-state index contributed by atoms with van der Waals surface area (Å²) in [4.78, 5) is 12.3. The summed E-state index contributed by atoms with van der Waals surface area (Å²) in [6, 6.07) is 24.8. The van der Waals surface area contributed by atoms with Crippen LogP contribution in [0.15, 0.2) is 91.0 Å². The number of nitrogens with one attached hydrogen (secondary N) is 2. The Bertz CT molecular complexity index is 986. The molecule has 5 nitrogen and oxygen atoms in total. The fraction of sp³-hybridized carbons (Fsp3) is 0.160. The lowest BCUT2D eigenvalue weighted by Gasteiger charge is -2.11. The van der Waals surface area contributed by atoms with E-state index in [2.05, 4.69) is 17.2 Å². The van der Waals surface area contributed by atoms with Crippen molar-refractivity contribution in [2.45, 2.75) is 13.5 Å². The van der Waals surface area contributed by atoms with Crippen LogP contribution in [0.2, 0.25) is 0 Å². The minimum absolute atomic E-state index is 0.138. The highest BCUT2D eigenvalue weighted by Gasteiger charge is 2.05. The summed E-state index contributed by atoms with van der Waals surface area (Å²) in [6.07, 6.45) is 0. The second-order valence-electron chi connectivity index (χ2n) is 6.98. The minimum Gasteiger partial charge on any atom is -0.489 e. The zero-order chi connectivity index (χ0) is 21.2. The van der Waals surface area contributed by atoms with E-state index >= 15 is 0 Å². The van der Waals surface area contributed by atoms with E-state index in [4.69, 9.17) is 9.47 Å². The van der Waals surface area contributed by atoms with Gasteiger partial charge >= 0.3 is 0 Å². The number of hydrogen-bond acceptors (Lipinski definition) is 4. The van der Waals surface area contributed by atoms with Crippen molar-refractivity contribution < 1.29 is 14.3 Å². The van der Waals surface area contributed by atoms with Gasteiger partial charge in [0.1, 0.15) is 24.7 Å². The summed E-state index contributed by atoms with van der Waals surface area (Å²) in [6.45, 7) is 6.81. The maximum Gasteiger partial charge on any atom is 0.243 e. The van der Waals surface area contributed by atoms with Crippen molar-refractivity contribution in [3.05, 3.63) is 96.6 Å². The number of carbonyl (C=O) groups excluding carboxylic acids is 1. The van der Waals surface area contributed by atoms with E-state index in [9.17, 15) is 4.79 Å². The molecule has 0 bridgehead atoms. The van der Waals surface area contributed by atoms with E-state index in [1.54, 1.807) is 0 Å². The van der Waals surface area contributed by atoms with Crippen molar-refractivity contribution in [1.29, 1.82) is 0 Å². The van der Waals surface area contributed by atoms with Crippen LogP contribution in [0.4, 0.5) is 11.4 Å². The molecule has 154 valence electrons. The molecule has 2 N–H and O–H groups in total. The number of anilines is 2. The lowest BCUT2D eigenvalue weighted by molar-refractivity contribution is -0.114. The number of ether oxygens (including phenoxy) is 2. The van der Waals surface area contributed by atoms with Crippen LogP contribution in [-0.2, 0) is 11.4 Å². The zero-order valence-corrected chi connectivity index (χ0v) is 17.1. The molecule has 0 spiro atoms. The highest BCUT2D eigenvalue weighted by Crippen LogP contribution is 2.20. The molecule has 0 aliphatic carbocycles. The van der Waals surface area contributed by atoms with E-state index < -0.39 is 0 Å². The second kappa shape index (κ2) is 10.7. The molecule has 0 aliphatic rings. The number of rotatable bonds is 10. The number of hydrogen-bond donors (Lipinski definition) is 2. The molecule has 0 saturated carbocycles. The maximum absolute atomic E-state index is 12.3. The topological polar surface area (TPSA) is 59.6 Å². The third-order valence-electron chi connectivity index (χ3n) is 4.14. The molecule has 0 heterocycles. The first-order valence-electron chi connectivity index (χ1n) is 9.76. The molecule has 3 aromatic carbocycles. The van der Waals surface area contributed by atoms with Crippen LogP contribution in [0.25, 0.3) is 0 Å². The molecule has 30 heavy (non-hydrogen) atoms. The largest absolute Gasteiger partial charge is 0.489 e. The average Bonchev–Trinajstić information content (AvgIpc) is 2.76. The second-order valence-corrected chi connectivity index (χ2v) is 6.98. The van der Waals surface area contributed by atoms with E-state index in [1.165, 1.54) is 0 Å². The first-order chi connectivity index (χ1) is 14.6. The third-order valence-corrected chi connectivity index (χ3v) is 4.14. The van der Waals surface area contributed by atoms with Gasteiger partial charge in [0.15, 0.2) is 0 Å². The van der Waals surface area contributed by atoms with Gasteiger partial charge in [-0.15, -0.1) is 0 Å². The SMILES string of the molecule is C=C(C)COc1cccc(NCC(=O)Nc2cccc(OCc3ccccc3)c2)c1. The normalized spacial score (nSPS) is 10.2. The first kappa shape index (κ1) is 21.0. The van der Waals surface area contributed by atoms with Gasteiger partial charge in [0.25, 0.3) is 0 Å². The predicted molar refractivity (Wildman–Crippen MR) is 121 cm³/mol. The monoisotopic (exact) mass is 402 g/mol. The number of amides is 1. The van der Waals surface area contributed by atoms with Crippen molar-refractivity contribution in [1.82, 2.24) is 0 Å². The molecule has 0 unspecified atom stereocenters. The Labute approximate surface area is 177 Å². The van der Waals surface area contributed by atoms with Gasteiger partial charge in [-0.3, -0.25) is 4.79 Å². The van der Waals surface area contributed by atoms with Crippen LogP contribution in [0.3, 0.4) is 0 Å². The van der Waals surface area contributed by atoms with Crippen LogP contribution < -0.4 is 20.1 Å². The molecular formula is C25H26N2O3. The third kappa shape index (κ3) is 7.02. The van der Waals surface area contributed by atoms with Crippen molar-refractivity contribution in [2.24, 2.45) is 0 Å². The van der Waals surface area contributed by atoms with Crippen LogP contribution in [0.5, 0.6) is 11.5 Å². The zero-order valence-electron chi connectivity index (χ0n) is 17.1. The maximum atomic E-state index is 12.3. The molecule has 0 saturated heterocycles. The fourth-order valence-corrected chi connectivity index (χ4v) is 2.69. The van der Waals surface area contributed by atoms with Gasteiger partial charge in [-0.2, -0.15) is 0 Å². The summed E-state index contributed by atoms with van der Waals surface area (Å²) < 4.78 is 11.4. The Morgan fingerprint density at radius 3 is 2.27 bits per heavy atom. The Morgan fingerprint density at radius 2 is 1.53 bits per heavy atom. The molecule has 0 aliphatic heterocycles. The van der Waals surface area contributed by atoms with Crippen LogP contribution in [-0.4, -0.2) is 19.1 Å².